The van der Waals surface area contributed by atoms with Crippen LogP contribution in [0.5, 0.6) is 0 Å². The molecule has 3 N–H and O–H groups in total. The van der Waals surface area contributed by atoms with E-state index in [-0.39, 0.29) is 31.0 Å². The van der Waals surface area contributed by atoms with Crippen LogP contribution in [0, 0.1) is 0 Å². The third-order valence-electron chi connectivity index (χ3n) is 0.737. The molecular weight excluding hydrogens is 171 g/mol. The van der Waals surface area contributed by atoms with Crippen LogP contribution in [0.1, 0.15) is 8.35 Å². The number of aliphatic hydroxyl groups is 1. The Kier molecular flexibility index (Phi) is 5.82. The minimum Gasteiger partial charge on any atom is -1.00 e. The van der Waals surface area contributed by atoms with Gasteiger partial charge in [0, 0.05) is 0 Å². The number of hydrogen-bond donors (Lipinski definition) is 3. The van der Waals surface area contributed by atoms with E-state index in [4.69, 9.17) is 14.8 Å². The van der Waals surface area contributed by atoms with Gasteiger partial charge in [-0.2, -0.15) is 0 Å². The van der Waals surface area contributed by atoms with E-state index in [0.29, 0.717) is 0 Å². The zero-order valence-corrected chi connectivity index (χ0v) is 8.38. The van der Waals surface area contributed by atoms with Crippen molar-refractivity contribution in [2.24, 2.45) is 0 Å². The van der Waals surface area contributed by atoms with Gasteiger partial charge in [0.05, 0.1) is 0 Å². The second kappa shape index (κ2) is 4.42. The Hall–Kier alpha value is 0.540. The maximum atomic E-state index is 9.94. The van der Waals surface area contributed by atoms with E-state index in [1.165, 1.54) is 0 Å². The molecule has 10 heavy (non-hydrogen) atoms. The molecule has 2 atom stereocenters. The average molecular weight is 178 g/mol. The predicted octanol–water partition coefficient (Wildman–Crippen LogP) is -3.88. The molecule has 0 rings (SSSR count). The van der Waals surface area contributed by atoms with E-state index >= 15 is 0 Å². The largest absolute Gasteiger partial charge is 1.00 e. The molecular formula is C3H7NaO5S. The first-order valence-corrected chi connectivity index (χ1v) is 3.06. The molecule has 0 spiro atoms. The van der Waals surface area contributed by atoms with Gasteiger partial charge >= 0.3 is 35.5 Å². The van der Waals surface area contributed by atoms with Crippen molar-refractivity contribution in [3.8, 4) is 0 Å². The van der Waals surface area contributed by atoms with E-state index in [0.717, 1.165) is 6.92 Å². The number of aliphatic carboxylic acids is 1. The Morgan fingerprint density at radius 3 is 2.00 bits per heavy atom. The second-order valence-electron chi connectivity index (χ2n) is 1.54. The number of carboxylic acids is 1. The van der Waals surface area contributed by atoms with Gasteiger partial charge in [-0.15, -0.1) is 0 Å². The van der Waals surface area contributed by atoms with Crippen molar-refractivity contribution in [3.05, 3.63) is 0 Å². The summed E-state index contributed by atoms with van der Waals surface area (Å²) in [5.74, 6) is -1.72. The minimum absolute atomic E-state index is 0. The molecule has 0 bridgehead atoms. The summed E-state index contributed by atoms with van der Waals surface area (Å²) < 4.78 is 18.0. The summed E-state index contributed by atoms with van der Waals surface area (Å²) in [5.41, 5.74) is 0. The van der Waals surface area contributed by atoms with Crippen LogP contribution in [0.3, 0.4) is 0 Å². The molecule has 0 radical (unpaired) electrons. The predicted molar refractivity (Wildman–Crippen MR) is 30.1 cm³/mol. The van der Waals surface area contributed by atoms with Crippen molar-refractivity contribution >= 4 is 17.0 Å². The molecule has 0 saturated carbocycles. The Bertz CT molecular complexity index is 144. The molecule has 0 aromatic rings. The van der Waals surface area contributed by atoms with Gasteiger partial charge in [-0.3, -0.25) is 0 Å². The zero-order valence-electron chi connectivity index (χ0n) is 6.57. The topological polar surface area (TPSA) is 94.8 Å². The first kappa shape index (κ1) is 13.2. The maximum Gasteiger partial charge on any atom is 1.00 e. The molecule has 0 saturated heterocycles. The van der Waals surface area contributed by atoms with Crippen molar-refractivity contribution in [1.82, 2.24) is 0 Å². The standard InChI is InChI=1S/C3H6O5S.Na.H/c1-3(6,2(4)5)9(7)8;;/h6H,1H3,(H,4,5)(H,7,8);;/q;+1;-1. The van der Waals surface area contributed by atoms with Gasteiger partial charge in [-0.1, -0.05) is 0 Å². The molecule has 7 heteroatoms. The van der Waals surface area contributed by atoms with Gasteiger partial charge in [-0.25, -0.2) is 9.00 Å². The Labute approximate surface area is 83.5 Å². The van der Waals surface area contributed by atoms with Gasteiger partial charge in [0.15, 0.2) is 11.1 Å². The molecule has 0 aliphatic carbocycles. The number of rotatable bonds is 2. The summed E-state index contributed by atoms with van der Waals surface area (Å²) in [6, 6.07) is 0. The van der Waals surface area contributed by atoms with Crippen LogP contribution >= 0.6 is 0 Å². The van der Waals surface area contributed by atoms with E-state index in [1.54, 1.807) is 0 Å². The molecule has 0 aliphatic rings. The van der Waals surface area contributed by atoms with Crippen LogP contribution in [0.15, 0.2) is 0 Å². The molecule has 0 aromatic carbocycles. The minimum atomic E-state index is -2.75. The van der Waals surface area contributed by atoms with Crippen LogP contribution in [0.4, 0.5) is 0 Å². The van der Waals surface area contributed by atoms with Crippen molar-refractivity contribution < 1.29 is 54.8 Å². The normalized spacial score (nSPS) is 18.3. The van der Waals surface area contributed by atoms with Crippen molar-refractivity contribution in [2.75, 3.05) is 0 Å². The van der Waals surface area contributed by atoms with Gasteiger partial charge in [0.2, 0.25) is 0 Å². The smallest absolute Gasteiger partial charge is 1.00 e. The summed E-state index contributed by atoms with van der Waals surface area (Å²) in [5, 5.41) is 16.5. The fourth-order valence-electron chi connectivity index (χ4n) is 0.0747. The Morgan fingerprint density at radius 2 is 2.00 bits per heavy atom. The molecule has 56 valence electrons. The third kappa shape index (κ3) is 3.09. The molecule has 0 aliphatic heterocycles. The second-order valence-corrected chi connectivity index (χ2v) is 2.83. The molecule has 5 nitrogen and oxygen atoms in total. The fraction of sp³-hybridized carbons (Fsp3) is 0.667. The van der Waals surface area contributed by atoms with Crippen molar-refractivity contribution in [3.63, 3.8) is 0 Å². The molecule has 0 amide bonds. The summed E-state index contributed by atoms with van der Waals surface area (Å²) in [6.07, 6.45) is 0. The molecule has 0 aromatic heterocycles. The van der Waals surface area contributed by atoms with Gasteiger partial charge in [0.1, 0.15) is 0 Å². The summed E-state index contributed by atoms with van der Waals surface area (Å²) in [4.78, 5) is 7.30. The van der Waals surface area contributed by atoms with E-state index in [2.05, 4.69) is 0 Å². The van der Waals surface area contributed by atoms with E-state index < -0.39 is 22.0 Å². The van der Waals surface area contributed by atoms with E-state index in [9.17, 15) is 9.00 Å². The van der Waals surface area contributed by atoms with Crippen LogP contribution in [0.25, 0.3) is 0 Å². The Morgan fingerprint density at radius 1 is 1.70 bits per heavy atom. The summed E-state index contributed by atoms with van der Waals surface area (Å²) in [7, 11) is 0. The van der Waals surface area contributed by atoms with Gasteiger partial charge < -0.3 is 16.2 Å². The average Bonchev–Trinajstić information content (AvgIpc) is 1.65. The quantitative estimate of drug-likeness (QED) is 0.297. The molecule has 0 fully saturated rings. The summed E-state index contributed by atoms with van der Waals surface area (Å²) in [6.45, 7) is 0.742. The van der Waals surface area contributed by atoms with Crippen molar-refractivity contribution in [1.29, 1.82) is 0 Å². The number of hydrogen-bond acceptors (Lipinski definition) is 3. The summed E-state index contributed by atoms with van der Waals surface area (Å²) >= 11 is -2.75. The van der Waals surface area contributed by atoms with Crippen LogP contribution in [-0.4, -0.2) is 29.9 Å². The van der Waals surface area contributed by atoms with Gasteiger partial charge in [-0.05, 0) is 6.92 Å². The third-order valence-corrected chi connectivity index (χ3v) is 1.59. The first-order valence-electron chi connectivity index (χ1n) is 1.95. The molecule has 0 heterocycles. The maximum absolute atomic E-state index is 9.94. The number of carboxylic acid groups (broad SMARTS) is 1. The van der Waals surface area contributed by atoms with Crippen LogP contribution < -0.4 is 29.6 Å². The number of carbonyl (C=O) groups is 1. The zero-order chi connectivity index (χ0) is 7.65. The Balaban J connectivity index is -0.000000320. The van der Waals surface area contributed by atoms with Crippen molar-refractivity contribution in [2.45, 2.75) is 11.9 Å². The van der Waals surface area contributed by atoms with Gasteiger partial charge in [0.25, 0.3) is 4.93 Å². The monoisotopic (exact) mass is 178 g/mol. The molecule has 2 unspecified atom stereocenters. The van der Waals surface area contributed by atoms with Crippen LogP contribution in [-0.2, 0) is 15.9 Å². The first-order chi connectivity index (χ1) is 3.89. The van der Waals surface area contributed by atoms with E-state index in [1.807, 2.05) is 0 Å². The SMILES string of the molecule is CC(O)(C(=O)O)S(=O)O.[H-].[Na+]. The van der Waals surface area contributed by atoms with Crippen LogP contribution in [0.2, 0.25) is 0 Å². The fourth-order valence-corrected chi connectivity index (χ4v) is 0.224.